The van der Waals surface area contributed by atoms with E-state index in [1.165, 1.54) is 6.42 Å². The van der Waals surface area contributed by atoms with Crippen LogP contribution in [0.25, 0.3) is 0 Å². The van der Waals surface area contributed by atoms with Gasteiger partial charge in [-0.15, -0.1) is 0 Å². The normalized spacial score (nSPS) is 12.1. The zero-order valence-corrected chi connectivity index (χ0v) is 8.52. The van der Waals surface area contributed by atoms with Crippen molar-refractivity contribution >= 4 is 12.8 Å². The molecule has 3 radical (unpaired) electrons. The highest BCUT2D eigenvalue weighted by Crippen LogP contribution is 2.10. The first kappa shape index (κ1) is 13.1. The smallest absolute Gasteiger partial charge is 0.293 e. The SMILES string of the molecule is CCCCC[C@H]([CH][CH][CH]C=O)OC=O. The predicted octanol–water partition coefficient (Wildman–Crippen LogP) is 1.92. The molecule has 0 unspecified atom stereocenters. The van der Waals surface area contributed by atoms with Gasteiger partial charge in [0.1, 0.15) is 12.4 Å². The fourth-order valence-corrected chi connectivity index (χ4v) is 1.11. The molecule has 14 heavy (non-hydrogen) atoms. The van der Waals surface area contributed by atoms with Crippen LogP contribution in [-0.2, 0) is 14.3 Å². The molecule has 79 valence electrons. The second-order valence-corrected chi connectivity index (χ2v) is 2.98. The van der Waals surface area contributed by atoms with Crippen LogP contribution in [0.5, 0.6) is 0 Å². The van der Waals surface area contributed by atoms with Gasteiger partial charge in [-0.3, -0.25) is 4.79 Å². The molecule has 0 aliphatic heterocycles. The first-order chi connectivity index (χ1) is 6.85. The van der Waals surface area contributed by atoms with Crippen LogP contribution in [0, 0.1) is 19.3 Å². The van der Waals surface area contributed by atoms with E-state index in [0.29, 0.717) is 12.8 Å². The van der Waals surface area contributed by atoms with Crippen LogP contribution in [0.2, 0.25) is 0 Å². The number of carbonyl (C=O) groups excluding carboxylic acids is 2. The van der Waals surface area contributed by atoms with Crippen LogP contribution in [0.15, 0.2) is 0 Å². The number of ether oxygens (including phenoxy) is 1. The summed E-state index contributed by atoms with van der Waals surface area (Å²) in [7, 11) is 0. The molecule has 0 N–H and O–H groups in total. The molecule has 0 rings (SSSR count). The molecule has 0 saturated carbocycles. The minimum absolute atomic E-state index is 0.199. The molecule has 0 saturated heterocycles. The minimum atomic E-state index is -0.199. The number of aldehydes is 1. The summed E-state index contributed by atoms with van der Waals surface area (Å²) in [5.41, 5.74) is 0. The van der Waals surface area contributed by atoms with Gasteiger partial charge in [0.15, 0.2) is 0 Å². The zero-order valence-electron chi connectivity index (χ0n) is 8.52. The standard InChI is InChI=1S/C11H17O3/c1-2-3-4-7-11(14-10-13)8-5-6-9-12/h5-6,8-11H,2-4,7H2,1H3/t11-/m1/s1. The Morgan fingerprint density at radius 3 is 2.57 bits per heavy atom. The molecule has 0 aliphatic rings. The number of rotatable bonds is 10. The average Bonchev–Trinajstić information content (AvgIpc) is 2.18. The van der Waals surface area contributed by atoms with Crippen molar-refractivity contribution in [1.29, 1.82) is 0 Å². The van der Waals surface area contributed by atoms with E-state index in [2.05, 4.69) is 6.92 Å². The van der Waals surface area contributed by atoms with Crippen LogP contribution in [0.3, 0.4) is 0 Å². The van der Waals surface area contributed by atoms with Crippen molar-refractivity contribution in [1.82, 2.24) is 0 Å². The molecule has 3 heteroatoms. The van der Waals surface area contributed by atoms with Crippen molar-refractivity contribution < 1.29 is 14.3 Å². The van der Waals surface area contributed by atoms with E-state index >= 15 is 0 Å². The summed E-state index contributed by atoms with van der Waals surface area (Å²) in [6.07, 6.45) is 9.31. The second kappa shape index (κ2) is 10.2. The summed E-state index contributed by atoms with van der Waals surface area (Å²) in [6, 6.07) is 0. The maximum Gasteiger partial charge on any atom is 0.293 e. The quantitative estimate of drug-likeness (QED) is 0.397. The van der Waals surface area contributed by atoms with Gasteiger partial charge in [0.2, 0.25) is 0 Å². The Morgan fingerprint density at radius 2 is 2.00 bits per heavy atom. The van der Waals surface area contributed by atoms with Crippen LogP contribution >= 0.6 is 0 Å². The average molecular weight is 197 g/mol. The lowest BCUT2D eigenvalue weighted by molar-refractivity contribution is -0.132. The fourth-order valence-electron chi connectivity index (χ4n) is 1.11. The van der Waals surface area contributed by atoms with Gasteiger partial charge in [-0.2, -0.15) is 0 Å². The Bertz CT molecular complexity index is 145. The van der Waals surface area contributed by atoms with Gasteiger partial charge < -0.3 is 9.53 Å². The summed E-state index contributed by atoms with van der Waals surface area (Å²) < 4.78 is 4.83. The molecule has 0 heterocycles. The van der Waals surface area contributed by atoms with Crippen molar-refractivity contribution in [3.8, 4) is 0 Å². The monoisotopic (exact) mass is 197 g/mol. The minimum Gasteiger partial charge on any atom is -0.464 e. The van der Waals surface area contributed by atoms with E-state index < -0.39 is 0 Å². The maximum atomic E-state index is 10.1. The lowest BCUT2D eigenvalue weighted by Crippen LogP contribution is -2.13. The molecule has 0 aliphatic carbocycles. The molecular weight excluding hydrogens is 180 g/mol. The Labute approximate surface area is 85.8 Å². The molecule has 0 aromatic carbocycles. The van der Waals surface area contributed by atoms with Crippen molar-refractivity contribution in [3.63, 3.8) is 0 Å². The fraction of sp³-hybridized carbons (Fsp3) is 0.545. The molecule has 0 fully saturated rings. The van der Waals surface area contributed by atoms with Crippen LogP contribution in [-0.4, -0.2) is 18.9 Å². The summed E-state index contributed by atoms with van der Waals surface area (Å²) >= 11 is 0. The molecule has 0 bridgehead atoms. The van der Waals surface area contributed by atoms with Crippen LogP contribution < -0.4 is 0 Å². The van der Waals surface area contributed by atoms with E-state index in [9.17, 15) is 9.59 Å². The molecule has 0 spiro atoms. The van der Waals surface area contributed by atoms with Gasteiger partial charge in [0.05, 0.1) is 0 Å². The van der Waals surface area contributed by atoms with E-state index in [1.54, 1.807) is 12.8 Å². The van der Waals surface area contributed by atoms with E-state index in [1.807, 2.05) is 0 Å². The summed E-state index contributed by atoms with van der Waals surface area (Å²) in [6.45, 7) is 2.56. The third-order valence-electron chi connectivity index (χ3n) is 1.84. The Morgan fingerprint density at radius 1 is 1.21 bits per heavy atom. The van der Waals surface area contributed by atoms with Crippen LogP contribution in [0.4, 0.5) is 0 Å². The van der Waals surface area contributed by atoms with Gasteiger partial charge >= 0.3 is 0 Å². The number of carbonyl (C=O) groups is 2. The van der Waals surface area contributed by atoms with E-state index in [0.717, 1.165) is 25.7 Å². The van der Waals surface area contributed by atoms with Crippen molar-refractivity contribution in [2.24, 2.45) is 0 Å². The first-order valence-electron chi connectivity index (χ1n) is 4.89. The number of hydrogen-bond donors (Lipinski definition) is 0. The van der Waals surface area contributed by atoms with Crippen molar-refractivity contribution in [2.75, 3.05) is 0 Å². The maximum absolute atomic E-state index is 10.1. The molecule has 3 nitrogen and oxygen atoms in total. The molecule has 0 amide bonds. The highest BCUT2D eigenvalue weighted by atomic mass is 16.5. The topological polar surface area (TPSA) is 43.4 Å². The lowest BCUT2D eigenvalue weighted by atomic mass is 10.1. The number of hydrogen-bond acceptors (Lipinski definition) is 3. The molecule has 1 atom stereocenters. The molecule has 0 aromatic rings. The van der Waals surface area contributed by atoms with Crippen molar-refractivity contribution in [3.05, 3.63) is 19.3 Å². The molecular formula is C11H17O3. The summed E-state index contributed by atoms with van der Waals surface area (Å²) in [5, 5.41) is 0. The highest BCUT2D eigenvalue weighted by Gasteiger charge is 2.08. The largest absolute Gasteiger partial charge is 0.464 e. The van der Waals surface area contributed by atoms with Gasteiger partial charge in [0.25, 0.3) is 6.47 Å². The third kappa shape index (κ3) is 7.77. The van der Waals surface area contributed by atoms with Crippen LogP contribution in [0.1, 0.15) is 32.6 Å². The van der Waals surface area contributed by atoms with Gasteiger partial charge in [0, 0.05) is 12.8 Å². The van der Waals surface area contributed by atoms with Gasteiger partial charge in [-0.05, 0) is 19.3 Å². The Kier molecular flexibility index (Phi) is 9.59. The third-order valence-corrected chi connectivity index (χ3v) is 1.84. The summed E-state index contributed by atoms with van der Waals surface area (Å²) in [5.74, 6) is 0. The Hall–Kier alpha value is -0.860. The van der Waals surface area contributed by atoms with Crippen molar-refractivity contribution in [2.45, 2.75) is 38.7 Å². The van der Waals surface area contributed by atoms with Gasteiger partial charge in [-0.1, -0.05) is 19.8 Å². The Balaban J connectivity index is 3.53. The second-order valence-electron chi connectivity index (χ2n) is 2.98. The van der Waals surface area contributed by atoms with Gasteiger partial charge in [-0.25, -0.2) is 0 Å². The lowest BCUT2D eigenvalue weighted by Gasteiger charge is -2.13. The first-order valence-corrected chi connectivity index (χ1v) is 4.89. The van der Waals surface area contributed by atoms with E-state index in [4.69, 9.17) is 4.74 Å². The molecule has 0 aromatic heterocycles. The van der Waals surface area contributed by atoms with E-state index in [-0.39, 0.29) is 6.10 Å². The predicted molar refractivity (Wildman–Crippen MR) is 54.0 cm³/mol. The zero-order chi connectivity index (χ0) is 10.6. The number of unbranched alkanes of at least 4 members (excludes halogenated alkanes) is 3. The highest BCUT2D eigenvalue weighted by molar-refractivity contribution is 5.64. The summed E-state index contributed by atoms with van der Waals surface area (Å²) in [4.78, 5) is 20.1.